The summed E-state index contributed by atoms with van der Waals surface area (Å²) < 4.78 is 7.79. The van der Waals surface area contributed by atoms with Crippen molar-refractivity contribution in [3.63, 3.8) is 0 Å². The summed E-state index contributed by atoms with van der Waals surface area (Å²) in [6.45, 7) is 4.71. The Labute approximate surface area is 198 Å². The van der Waals surface area contributed by atoms with Gasteiger partial charge in [-0.15, -0.1) is 0 Å². The third-order valence-electron chi connectivity index (χ3n) is 6.43. The van der Waals surface area contributed by atoms with Crippen molar-refractivity contribution in [2.75, 3.05) is 18.3 Å². The summed E-state index contributed by atoms with van der Waals surface area (Å²) in [5.74, 6) is -0.0845. The Morgan fingerprint density at radius 2 is 1.74 bits per heavy atom. The molecule has 2 aromatic carbocycles. The zero-order valence-electron chi connectivity index (χ0n) is 19.2. The molecule has 174 valence electrons. The van der Waals surface area contributed by atoms with Gasteiger partial charge in [-0.05, 0) is 23.6 Å². The number of aromatic hydroxyl groups is 1. The molecule has 3 aromatic rings. The van der Waals surface area contributed by atoms with Crippen LogP contribution in [-0.4, -0.2) is 39.9 Å². The maximum atomic E-state index is 13.7. The van der Waals surface area contributed by atoms with E-state index in [-0.39, 0.29) is 36.3 Å². The number of carbonyl (C=O) groups is 1. The first kappa shape index (κ1) is 21.8. The molecule has 0 saturated carbocycles. The number of benzene rings is 2. The number of ether oxygens (including phenoxy) is 1. The van der Waals surface area contributed by atoms with Crippen LogP contribution < -0.4 is 15.2 Å². The van der Waals surface area contributed by atoms with Gasteiger partial charge in [-0.3, -0.25) is 19.3 Å². The molecule has 5 rings (SSSR count). The van der Waals surface area contributed by atoms with Crippen molar-refractivity contribution in [2.45, 2.75) is 25.9 Å². The number of para-hydroxylation sites is 1. The molecule has 0 aliphatic carbocycles. The minimum absolute atomic E-state index is 0.0311. The number of hydrogen-bond donors (Lipinski definition) is 1. The van der Waals surface area contributed by atoms with Crippen LogP contribution in [0.4, 0.5) is 0 Å². The second kappa shape index (κ2) is 8.74. The lowest BCUT2D eigenvalue weighted by atomic mass is 9.96. The molecule has 2 bridgehead atoms. The number of nitrogens with zero attached hydrogens (tertiary/aromatic N) is 3. The lowest BCUT2D eigenvalue weighted by Crippen LogP contribution is -2.58. The average molecular weight is 458 g/mol. The smallest absolute Gasteiger partial charge is 0.278 e. The summed E-state index contributed by atoms with van der Waals surface area (Å²) in [5.41, 5.74) is 1.30. The summed E-state index contributed by atoms with van der Waals surface area (Å²) in [5, 5.41) is 12.7. The van der Waals surface area contributed by atoms with Crippen LogP contribution in [0.2, 0.25) is 0 Å². The van der Waals surface area contributed by atoms with Gasteiger partial charge in [0.2, 0.25) is 5.43 Å². The first-order valence-corrected chi connectivity index (χ1v) is 11.4. The lowest BCUT2D eigenvalue weighted by Gasteiger charge is -2.46. The van der Waals surface area contributed by atoms with Gasteiger partial charge < -0.3 is 14.7 Å². The van der Waals surface area contributed by atoms with Gasteiger partial charge in [-0.25, -0.2) is 0 Å². The van der Waals surface area contributed by atoms with Crippen LogP contribution in [-0.2, 0) is 0 Å². The number of amides is 1. The van der Waals surface area contributed by atoms with Crippen molar-refractivity contribution >= 4 is 5.91 Å². The first-order chi connectivity index (χ1) is 16.5. The average Bonchev–Trinajstić information content (AvgIpc) is 2.86. The highest BCUT2D eigenvalue weighted by atomic mass is 16.5. The molecule has 0 saturated heterocycles. The van der Waals surface area contributed by atoms with E-state index in [0.717, 1.165) is 16.9 Å². The van der Waals surface area contributed by atoms with E-state index in [0.29, 0.717) is 6.61 Å². The molecule has 0 radical (unpaired) electrons. The van der Waals surface area contributed by atoms with Crippen LogP contribution in [0, 0.1) is 5.92 Å². The molecule has 2 aliphatic rings. The molecule has 2 atom stereocenters. The Morgan fingerprint density at radius 1 is 1.00 bits per heavy atom. The van der Waals surface area contributed by atoms with Crippen LogP contribution in [0.3, 0.4) is 0 Å². The van der Waals surface area contributed by atoms with E-state index in [1.54, 1.807) is 15.8 Å². The quantitative estimate of drug-likeness (QED) is 0.595. The van der Waals surface area contributed by atoms with E-state index in [4.69, 9.17) is 4.74 Å². The van der Waals surface area contributed by atoms with E-state index in [2.05, 4.69) is 0 Å². The van der Waals surface area contributed by atoms with Crippen molar-refractivity contribution in [2.24, 2.45) is 5.92 Å². The first-order valence-electron chi connectivity index (χ1n) is 11.4. The van der Waals surface area contributed by atoms with Gasteiger partial charge >= 0.3 is 0 Å². The van der Waals surface area contributed by atoms with Gasteiger partial charge in [-0.2, -0.15) is 0 Å². The molecule has 1 N–H and O–H groups in total. The third-order valence-corrected chi connectivity index (χ3v) is 6.43. The maximum absolute atomic E-state index is 13.7. The standard InChI is InChI=1S/C27H27N3O4/c1-18(2)21-12-8-16-34-23-13-7-6-11-20(23)24(19-9-4-3-5-10-19)30-17-28(21)27(33)25-26(32)22(31)14-15-29(25)30/h3-15,18,21,24,32H,16-17H2,1-2H3/b12-8-/t21-,24+/m0/s1. The molecule has 0 spiro atoms. The maximum Gasteiger partial charge on any atom is 0.278 e. The van der Waals surface area contributed by atoms with Crippen LogP contribution in [0.1, 0.15) is 41.5 Å². The zero-order valence-corrected chi connectivity index (χ0v) is 19.2. The van der Waals surface area contributed by atoms with Gasteiger partial charge in [0.25, 0.3) is 5.91 Å². The highest BCUT2D eigenvalue weighted by Crippen LogP contribution is 2.37. The number of hydrogen-bond acceptors (Lipinski definition) is 5. The molecule has 0 fully saturated rings. The molecule has 1 amide bonds. The van der Waals surface area contributed by atoms with Gasteiger partial charge in [0.15, 0.2) is 11.4 Å². The predicted octanol–water partition coefficient (Wildman–Crippen LogP) is 3.67. The summed E-state index contributed by atoms with van der Waals surface area (Å²) in [6, 6.07) is 18.5. The second-order valence-corrected chi connectivity index (χ2v) is 8.90. The van der Waals surface area contributed by atoms with Gasteiger partial charge in [0.1, 0.15) is 25.1 Å². The van der Waals surface area contributed by atoms with Gasteiger partial charge in [-0.1, -0.05) is 68.5 Å². The molecule has 7 nitrogen and oxygen atoms in total. The molecule has 1 aromatic heterocycles. The van der Waals surface area contributed by atoms with E-state index >= 15 is 0 Å². The lowest BCUT2D eigenvalue weighted by molar-refractivity contribution is 0.0588. The van der Waals surface area contributed by atoms with Crippen LogP contribution in [0.5, 0.6) is 11.5 Å². The highest BCUT2D eigenvalue weighted by Gasteiger charge is 2.40. The molecule has 2 aliphatic heterocycles. The SMILES string of the molecule is CC(C)[C@@H]1/C=C\COc2ccccc2[C@@H](c2ccccc2)N2CN1C(=O)c1c(O)c(=O)ccn12. The monoisotopic (exact) mass is 457 g/mol. The molecule has 3 heterocycles. The van der Waals surface area contributed by atoms with Crippen LogP contribution in [0.15, 0.2) is 83.8 Å². The van der Waals surface area contributed by atoms with Gasteiger partial charge in [0, 0.05) is 17.8 Å². The van der Waals surface area contributed by atoms with E-state index < -0.39 is 11.2 Å². The van der Waals surface area contributed by atoms with Crippen LogP contribution in [0.25, 0.3) is 0 Å². The fraction of sp³-hybridized carbons (Fsp3) is 0.259. The summed E-state index contributed by atoms with van der Waals surface area (Å²) in [4.78, 5) is 27.8. The minimum Gasteiger partial charge on any atom is -0.502 e. The van der Waals surface area contributed by atoms with E-state index in [9.17, 15) is 14.7 Å². The van der Waals surface area contributed by atoms with E-state index in [1.807, 2.05) is 85.6 Å². The van der Waals surface area contributed by atoms with Crippen molar-refractivity contribution in [1.29, 1.82) is 0 Å². The van der Waals surface area contributed by atoms with Crippen molar-refractivity contribution in [3.05, 3.63) is 106 Å². The Balaban J connectivity index is 1.82. The Morgan fingerprint density at radius 3 is 2.50 bits per heavy atom. The Bertz CT molecular complexity index is 1300. The third kappa shape index (κ3) is 3.63. The zero-order chi connectivity index (χ0) is 23.8. The molecular formula is C27H27N3O4. The molecule has 7 heteroatoms. The van der Waals surface area contributed by atoms with Gasteiger partial charge in [0.05, 0.1) is 6.04 Å². The second-order valence-electron chi connectivity index (χ2n) is 8.90. The molecular weight excluding hydrogens is 430 g/mol. The number of carbonyl (C=O) groups excluding carboxylic acids is 1. The minimum atomic E-state index is -0.581. The largest absolute Gasteiger partial charge is 0.502 e. The summed E-state index contributed by atoms with van der Waals surface area (Å²) in [6.07, 6.45) is 5.46. The normalized spacial score (nSPS) is 20.7. The van der Waals surface area contributed by atoms with Crippen molar-refractivity contribution in [1.82, 2.24) is 9.58 Å². The van der Waals surface area contributed by atoms with Crippen LogP contribution >= 0.6 is 0 Å². The summed E-state index contributed by atoms with van der Waals surface area (Å²) >= 11 is 0. The number of pyridine rings is 1. The molecule has 0 unspecified atom stereocenters. The number of rotatable bonds is 2. The van der Waals surface area contributed by atoms with E-state index in [1.165, 1.54) is 6.07 Å². The van der Waals surface area contributed by atoms with Crippen molar-refractivity contribution in [3.8, 4) is 11.5 Å². The fourth-order valence-electron chi connectivity index (χ4n) is 4.79. The fourth-order valence-corrected chi connectivity index (χ4v) is 4.79. The topological polar surface area (TPSA) is 75.0 Å². The highest BCUT2D eigenvalue weighted by molar-refractivity contribution is 5.96. The van der Waals surface area contributed by atoms with Crippen molar-refractivity contribution < 1.29 is 14.6 Å². The predicted molar refractivity (Wildman–Crippen MR) is 130 cm³/mol. The Kier molecular flexibility index (Phi) is 5.61. The Hall–Kier alpha value is -4.00. The number of fused-ring (bicyclic) bond motifs is 5. The number of aromatic nitrogens is 1. The molecule has 34 heavy (non-hydrogen) atoms. The summed E-state index contributed by atoms with van der Waals surface area (Å²) in [7, 11) is 0.